The quantitative estimate of drug-likeness (QED) is 0.248. The Balaban J connectivity index is 1.83. The molecule has 0 aliphatic heterocycles. The first kappa shape index (κ1) is 28.1. The first-order valence-electron chi connectivity index (χ1n) is 13.2. The smallest absolute Gasteiger partial charge is 0.242 e. The third-order valence-corrected chi connectivity index (χ3v) is 6.46. The molecule has 3 aromatic rings. The fourth-order valence-electron chi connectivity index (χ4n) is 4.24. The van der Waals surface area contributed by atoms with Gasteiger partial charge in [0, 0.05) is 19.5 Å². The summed E-state index contributed by atoms with van der Waals surface area (Å²) in [7, 11) is 0. The first-order valence-corrected chi connectivity index (χ1v) is 13.2. The Morgan fingerprint density at radius 1 is 0.838 bits per heavy atom. The highest BCUT2D eigenvalue weighted by atomic mass is 19.1. The molecule has 6 nitrogen and oxygen atoms in total. The summed E-state index contributed by atoms with van der Waals surface area (Å²) in [6, 6.07) is 12.9. The van der Waals surface area contributed by atoms with Gasteiger partial charge >= 0.3 is 0 Å². The highest BCUT2D eigenvalue weighted by molar-refractivity contribution is 5.85. The predicted octanol–water partition coefficient (Wildman–Crippen LogP) is 6.06. The molecule has 0 aliphatic rings. The number of para-hydroxylation sites is 1. The number of rotatable bonds is 14. The molecule has 0 saturated heterocycles. The van der Waals surface area contributed by atoms with E-state index in [4.69, 9.17) is 4.42 Å². The van der Waals surface area contributed by atoms with Gasteiger partial charge < -0.3 is 14.2 Å². The van der Waals surface area contributed by atoms with Gasteiger partial charge in [-0.25, -0.2) is 4.39 Å². The number of unbranched alkanes of at least 4 members (excludes halogenated alkanes) is 4. The van der Waals surface area contributed by atoms with Crippen LogP contribution in [0.1, 0.15) is 69.9 Å². The molecule has 7 heteroatoms. The topological polar surface area (TPSA) is 70.8 Å². The van der Waals surface area contributed by atoms with Gasteiger partial charge in [-0.15, -0.1) is 0 Å². The molecule has 0 saturated carbocycles. The SMILES string of the molecule is CCCCCCC(=O)N(CCCC)CC(=O)N(Cc1ccc(F)cc1)Cc1coc2ccccc2c1=O. The maximum atomic E-state index is 13.6. The first-order chi connectivity index (χ1) is 17.9. The zero-order chi connectivity index (χ0) is 26.6. The molecule has 0 N–H and O–H groups in total. The molecule has 0 bridgehead atoms. The lowest BCUT2D eigenvalue weighted by Gasteiger charge is -2.28. The number of hydrogen-bond acceptors (Lipinski definition) is 4. The van der Waals surface area contributed by atoms with Crippen molar-refractivity contribution in [3.8, 4) is 0 Å². The summed E-state index contributed by atoms with van der Waals surface area (Å²) in [6.45, 7) is 4.82. The van der Waals surface area contributed by atoms with Crippen LogP contribution in [0.2, 0.25) is 0 Å². The van der Waals surface area contributed by atoms with Crippen LogP contribution in [0.15, 0.2) is 64.0 Å². The number of hydrogen-bond donors (Lipinski definition) is 0. The van der Waals surface area contributed by atoms with Crippen molar-refractivity contribution in [1.82, 2.24) is 9.80 Å². The van der Waals surface area contributed by atoms with Gasteiger partial charge in [0.2, 0.25) is 11.8 Å². The number of carbonyl (C=O) groups is 2. The summed E-state index contributed by atoms with van der Waals surface area (Å²) < 4.78 is 19.1. The van der Waals surface area contributed by atoms with Crippen LogP contribution >= 0.6 is 0 Å². The minimum atomic E-state index is -0.365. The molecule has 3 rings (SSSR count). The molecule has 2 aromatic carbocycles. The summed E-state index contributed by atoms with van der Waals surface area (Å²) in [5.74, 6) is -0.657. The van der Waals surface area contributed by atoms with E-state index >= 15 is 0 Å². The monoisotopic (exact) mass is 508 g/mol. The van der Waals surface area contributed by atoms with Gasteiger partial charge in [-0.2, -0.15) is 0 Å². The Morgan fingerprint density at radius 2 is 1.57 bits per heavy atom. The minimum Gasteiger partial charge on any atom is -0.464 e. The lowest BCUT2D eigenvalue weighted by Crippen LogP contribution is -2.43. The molecular formula is C30H37FN2O4. The molecule has 37 heavy (non-hydrogen) atoms. The number of nitrogens with zero attached hydrogens (tertiary/aromatic N) is 2. The molecule has 0 unspecified atom stereocenters. The van der Waals surface area contributed by atoms with Crippen molar-refractivity contribution in [1.29, 1.82) is 0 Å². The number of benzene rings is 2. The summed E-state index contributed by atoms with van der Waals surface area (Å²) in [5, 5.41) is 0.445. The number of carbonyl (C=O) groups excluding carboxylic acids is 2. The maximum absolute atomic E-state index is 13.6. The molecule has 2 amide bonds. The molecular weight excluding hydrogens is 471 g/mol. The van der Waals surface area contributed by atoms with Gasteiger partial charge in [0.1, 0.15) is 11.4 Å². The van der Waals surface area contributed by atoms with E-state index in [1.807, 2.05) is 6.92 Å². The van der Waals surface area contributed by atoms with Crippen LogP contribution < -0.4 is 5.43 Å². The van der Waals surface area contributed by atoms with Crippen molar-refractivity contribution in [2.45, 2.75) is 71.9 Å². The van der Waals surface area contributed by atoms with Crippen LogP contribution in [0.3, 0.4) is 0 Å². The van der Waals surface area contributed by atoms with Gasteiger partial charge in [0.05, 0.1) is 30.3 Å². The Morgan fingerprint density at radius 3 is 2.30 bits per heavy atom. The van der Waals surface area contributed by atoms with Crippen LogP contribution in [0.5, 0.6) is 0 Å². The second-order valence-electron chi connectivity index (χ2n) is 9.44. The number of halogens is 1. The van der Waals surface area contributed by atoms with E-state index in [1.165, 1.54) is 23.3 Å². The molecule has 1 aromatic heterocycles. The van der Waals surface area contributed by atoms with Crippen LogP contribution in [0.4, 0.5) is 4.39 Å². The average Bonchev–Trinajstić information content (AvgIpc) is 2.91. The van der Waals surface area contributed by atoms with E-state index in [9.17, 15) is 18.8 Å². The van der Waals surface area contributed by atoms with Crippen LogP contribution in [-0.4, -0.2) is 34.7 Å². The molecule has 0 aliphatic carbocycles. The van der Waals surface area contributed by atoms with Crippen molar-refractivity contribution in [2.75, 3.05) is 13.1 Å². The maximum Gasteiger partial charge on any atom is 0.242 e. The van der Waals surface area contributed by atoms with E-state index in [0.717, 1.165) is 44.1 Å². The van der Waals surface area contributed by atoms with Gasteiger partial charge in [-0.05, 0) is 42.7 Å². The van der Waals surface area contributed by atoms with Crippen molar-refractivity contribution >= 4 is 22.8 Å². The highest BCUT2D eigenvalue weighted by Gasteiger charge is 2.23. The Kier molecular flexibility index (Phi) is 10.9. The van der Waals surface area contributed by atoms with Gasteiger partial charge in [0.15, 0.2) is 5.43 Å². The molecule has 1 heterocycles. The van der Waals surface area contributed by atoms with E-state index in [2.05, 4.69) is 6.92 Å². The van der Waals surface area contributed by atoms with E-state index < -0.39 is 0 Å². The molecule has 0 spiro atoms. The molecule has 198 valence electrons. The van der Waals surface area contributed by atoms with E-state index in [-0.39, 0.29) is 42.7 Å². The summed E-state index contributed by atoms with van der Waals surface area (Å²) in [6.07, 6.45) is 7.50. The van der Waals surface area contributed by atoms with Crippen LogP contribution in [0, 0.1) is 5.82 Å². The average molecular weight is 509 g/mol. The fourth-order valence-corrected chi connectivity index (χ4v) is 4.24. The third kappa shape index (κ3) is 8.27. The summed E-state index contributed by atoms with van der Waals surface area (Å²) >= 11 is 0. The Bertz CT molecular complexity index is 1220. The lowest BCUT2D eigenvalue weighted by molar-refractivity contribution is -0.141. The Labute approximate surface area is 218 Å². The zero-order valence-electron chi connectivity index (χ0n) is 21.9. The zero-order valence-corrected chi connectivity index (χ0v) is 21.9. The van der Waals surface area contributed by atoms with Crippen molar-refractivity contribution in [3.63, 3.8) is 0 Å². The minimum absolute atomic E-state index is 0.0233. The third-order valence-electron chi connectivity index (χ3n) is 6.46. The molecule has 0 atom stereocenters. The van der Waals surface area contributed by atoms with E-state index in [1.54, 1.807) is 41.3 Å². The van der Waals surface area contributed by atoms with Crippen LogP contribution in [0.25, 0.3) is 11.0 Å². The van der Waals surface area contributed by atoms with Crippen LogP contribution in [-0.2, 0) is 22.7 Å². The summed E-state index contributed by atoms with van der Waals surface area (Å²) in [5.41, 5.74) is 1.35. The summed E-state index contributed by atoms with van der Waals surface area (Å²) in [4.78, 5) is 42.8. The molecule has 0 radical (unpaired) electrons. The number of fused-ring (bicyclic) bond motifs is 1. The lowest BCUT2D eigenvalue weighted by atomic mass is 10.1. The van der Waals surface area contributed by atoms with Crippen molar-refractivity contribution in [3.05, 3.63) is 82.0 Å². The van der Waals surface area contributed by atoms with Gasteiger partial charge in [-0.1, -0.05) is 63.8 Å². The van der Waals surface area contributed by atoms with Gasteiger partial charge in [-0.3, -0.25) is 14.4 Å². The normalized spacial score (nSPS) is 11.0. The highest BCUT2D eigenvalue weighted by Crippen LogP contribution is 2.15. The largest absolute Gasteiger partial charge is 0.464 e. The molecule has 0 fully saturated rings. The van der Waals surface area contributed by atoms with Crippen molar-refractivity contribution < 1.29 is 18.4 Å². The van der Waals surface area contributed by atoms with Crippen molar-refractivity contribution in [2.24, 2.45) is 0 Å². The van der Waals surface area contributed by atoms with Gasteiger partial charge in [0.25, 0.3) is 0 Å². The fraction of sp³-hybridized carbons (Fsp3) is 0.433. The standard InChI is InChI=1S/C30H37FN2O4/c1-3-5-7-8-13-28(34)32(18-6-4-2)21-29(35)33(19-23-14-16-25(31)17-15-23)20-24-22-37-27-12-10-9-11-26(27)30(24)36/h9-12,14-17,22H,3-8,13,18-21H2,1-2H3. The van der Waals surface area contributed by atoms with E-state index in [0.29, 0.717) is 29.5 Å². The Hall–Kier alpha value is -3.48. The second-order valence-corrected chi connectivity index (χ2v) is 9.44. The number of amides is 2. The predicted molar refractivity (Wildman–Crippen MR) is 143 cm³/mol. The second kappa shape index (κ2) is 14.3.